The first-order valence-electron chi connectivity index (χ1n) is 6.70. The number of nitrogens with zero attached hydrogens (tertiary/aromatic N) is 3. The van der Waals surface area contributed by atoms with Crippen LogP contribution in [0.4, 0.5) is 5.69 Å². The predicted molar refractivity (Wildman–Crippen MR) is 72.6 cm³/mol. The van der Waals surface area contributed by atoms with E-state index in [4.69, 9.17) is 0 Å². The van der Waals surface area contributed by atoms with Crippen LogP contribution in [-0.4, -0.2) is 45.1 Å². The lowest BCUT2D eigenvalue weighted by molar-refractivity contribution is -0.384. The first-order chi connectivity index (χ1) is 9.40. The second-order valence-corrected chi connectivity index (χ2v) is 5.34. The van der Waals surface area contributed by atoms with Crippen LogP contribution < -0.4 is 0 Å². The minimum absolute atomic E-state index is 0.0517. The lowest BCUT2D eigenvalue weighted by atomic mass is 10.2. The third kappa shape index (κ3) is 3.16. The number of aromatic nitrogens is 1. The number of hydrogen-bond donors (Lipinski definition) is 1. The van der Waals surface area contributed by atoms with E-state index in [1.807, 2.05) is 0 Å². The van der Waals surface area contributed by atoms with Gasteiger partial charge in [-0.15, -0.1) is 0 Å². The average Bonchev–Trinajstić information content (AvgIpc) is 3.13. The van der Waals surface area contributed by atoms with Crippen molar-refractivity contribution in [3.63, 3.8) is 0 Å². The minimum atomic E-state index is -0.481. The summed E-state index contributed by atoms with van der Waals surface area (Å²) in [5, 5.41) is 20.1. The lowest BCUT2D eigenvalue weighted by Crippen LogP contribution is -2.30. The molecule has 7 nitrogen and oxygen atoms in total. The molecule has 0 spiro atoms. The molecule has 1 N–H and O–H groups in total. The summed E-state index contributed by atoms with van der Waals surface area (Å²) in [4.78, 5) is 24.2. The molecule has 1 saturated carbocycles. The van der Waals surface area contributed by atoms with Gasteiger partial charge in [0, 0.05) is 25.7 Å². The standard InChI is InChI=1S/C13H19N3O4/c1-9(17)5-6-14(2)13(18)12-7-11(16(19)20)8-15(12)10-3-4-10/h7-10,17H,3-6H2,1-2H3. The quantitative estimate of drug-likeness (QED) is 0.633. The van der Waals surface area contributed by atoms with Gasteiger partial charge in [-0.05, 0) is 26.2 Å². The number of carbonyl (C=O) groups excluding carboxylic acids is 1. The van der Waals surface area contributed by atoms with Gasteiger partial charge < -0.3 is 14.6 Å². The number of carbonyl (C=O) groups is 1. The van der Waals surface area contributed by atoms with Crippen LogP contribution in [0.5, 0.6) is 0 Å². The average molecular weight is 281 g/mol. The summed E-state index contributed by atoms with van der Waals surface area (Å²) in [6, 6.07) is 1.53. The Bertz CT molecular complexity index is 520. The second-order valence-electron chi connectivity index (χ2n) is 5.34. The summed E-state index contributed by atoms with van der Waals surface area (Å²) < 4.78 is 1.71. The van der Waals surface area contributed by atoms with Gasteiger partial charge in [-0.2, -0.15) is 0 Å². The van der Waals surface area contributed by atoms with Crippen LogP contribution in [-0.2, 0) is 0 Å². The van der Waals surface area contributed by atoms with E-state index in [0.29, 0.717) is 18.7 Å². The Kier molecular flexibility index (Phi) is 4.08. The maximum Gasteiger partial charge on any atom is 0.287 e. The van der Waals surface area contributed by atoms with E-state index >= 15 is 0 Å². The van der Waals surface area contributed by atoms with Gasteiger partial charge in [0.05, 0.1) is 17.2 Å². The third-order valence-corrected chi connectivity index (χ3v) is 3.43. The molecule has 1 heterocycles. The SMILES string of the molecule is CC(O)CCN(C)C(=O)c1cc([N+](=O)[O-])cn1C1CC1. The van der Waals surface area contributed by atoms with Crippen LogP contribution >= 0.6 is 0 Å². The molecule has 1 aliphatic carbocycles. The maximum absolute atomic E-state index is 12.3. The molecule has 1 aromatic heterocycles. The topological polar surface area (TPSA) is 88.6 Å². The number of nitro groups is 1. The van der Waals surface area contributed by atoms with Gasteiger partial charge in [-0.25, -0.2) is 0 Å². The molecule has 0 saturated heterocycles. The molecule has 0 radical (unpaired) electrons. The molecule has 0 bridgehead atoms. The molecule has 110 valence electrons. The summed E-state index contributed by atoms with van der Waals surface area (Å²) in [7, 11) is 1.64. The Hall–Kier alpha value is -1.89. The summed E-state index contributed by atoms with van der Waals surface area (Å²) in [5.74, 6) is -0.245. The van der Waals surface area contributed by atoms with Gasteiger partial charge in [0.2, 0.25) is 0 Å². The Morgan fingerprint density at radius 2 is 2.30 bits per heavy atom. The zero-order valence-electron chi connectivity index (χ0n) is 11.7. The molecule has 1 unspecified atom stereocenters. The number of rotatable bonds is 6. The van der Waals surface area contributed by atoms with Crippen molar-refractivity contribution in [2.24, 2.45) is 0 Å². The Morgan fingerprint density at radius 1 is 1.65 bits per heavy atom. The second kappa shape index (κ2) is 5.62. The summed E-state index contributed by atoms with van der Waals surface area (Å²) >= 11 is 0. The van der Waals surface area contributed by atoms with E-state index in [0.717, 1.165) is 12.8 Å². The van der Waals surface area contributed by atoms with Gasteiger partial charge in [-0.1, -0.05) is 0 Å². The van der Waals surface area contributed by atoms with Crippen LogP contribution in [0.15, 0.2) is 12.3 Å². The van der Waals surface area contributed by atoms with E-state index in [1.165, 1.54) is 17.2 Å². The van der Waals surface area contributed by atoms with Gasteiger partial charge in [0.25, 0.3) is 11.6 Å². The van der Waals surface area contributed by atoms with Crippen LogP contribution in [0, 0.1) is 10.1 Å². The van der Waals surface area contributed by atoms with Crippen molar-refractivity contribution in [3.8, 4) is 0 Å². The Balaban J connectivity index is 2.17. The van der Waals surface area contributed by atoms with Gasteiger partial charge in [-0.3, -0.25) is 14.9 Å². The molecule has 2 rings (SSSR count). The van der Waals surface area contributed by atoms with Crippen molar-refractivity contribution in [2.75, 3.05) is 13.6 Å². The first kappa shape index (κ1) is 14.5. The summed E-state index contributed by atoms with van der Waals surface area (Å²) in [5.41, 5.74) is 0.302. The van der Waals surface area contributed by atoms with Gasteiger partial charge in [0.1, 0.15) is 5.69 Å². The molecule has 1 aromatic rings. The predicted octanol–water partition coefficient (Wildman–Crippen LogP) is 1.57. The van der Waals surface area contributed by atoms with Crippen molar-refractivity contribution in [2.45, 2.75) is 38.3 Å². The summed E-state index contributed by atoms with van der Waals surface area (Å²) in [6.45, 7) is 2.08. The molecule has 20 heavy (non-hydrogen) atoms. The molecule has 1 atom stereocenters. The molecule has 0 aromatic carbocycles. The van der Waals surface area contributed by atoms with Crippen LogP contribution in [0.3, 0.4) is 0 Å². The highest BCUT2D eigenvalue weighted by Gasteiger charge is 2.31. The third-order valence-electron chi connectivity index (χ3n) is 3.43. The van der Waals surface area contributed by atoms with Crippen molar-refractivity contribution < 1.29 is 14.8 Å². The van der Waals surface area contributed by atoms with Crippen molar-refractivity contribution >= 4 is 11.6 Å². The fourth-order valence-corrected chi connectivity index (χ4v) is 2.07. The highest BCUT2D eigenvalue weighted by atomic mass is 16.6. The van der Waals surface area contributed by atoms with Crippen LogP contribution in [0.25, 0.3) is 0 Å². The van der Waals surface area contributed by atoms with E-state index < -0.39 is 11.0 Å². The van der Waals surface area contributed by atoms with E-state index in [1.54, 1.807) is 18.5 Å². The van der Waals surface area contributed by atoms with E-state index in [-0.39, 0.29) is 17.6 Å². The molecule has 1 aliphatic rings. The lowest BCUT2D eigenvalue weighted by Gasteiger charge is -2.18. The van der Waals surface area contributed by atoms with E-state index in [9.17, 15) is 20.0 Å². The summed E-state index contributed by atoms with van der Waals surface area (Å²) in [6.07, 6.45) is 3.34. The number of aliphatic hydroxyl groups is 1. The van der Waals surface area contributed by atoms with Crippen LogP contribution in [0.1, 0.15) is 42.7 Å². The highest BCUT2D eigenvalue weighted by Crippen LogP contribution is 2.38. The fourth-order valence-electron chi connectivity index (χ4n) is 2.07. The highest BCUT2D eigenvalue weighted by molar-refractivity contribution is 5.93. The fraction of sp³-hybridized carbons (Fsp3) is 0.615. The first-order valence-corrected chi connectivity index (χ1v) is 6.70. The Morgan fingerprint density at radius 3 is 2.80 bits per heavy atom. The maximum atomic E-state index is 12.3. The largest absolute Gasteiger partial charge is 0.393 e. The Labute approximate surface area is 116 Å². The van der Waals surface area contributed by atoms with Crippen molar-refractivity contribution in [1.29, 1.82) is 0 Å². The van der Waals surface area contributed by atoms with Crippen molar-refractivity contribution in [1.82, 2.24) is 9.47 Å². The number of aliphatic hydroxyl groups excluding tert-OH is 1. The zero-order valence-corrected chi connectivity index (χ0v) is 11.7. The monoisotopic (exact) mass is 281 g/mol. The molecule has 1 amide bonds. The molecule has 0 aliphatic heterocycles. The molecular formula is C13H19N3O4. The van der Waals surface area contributed by atoms with Crippen LogP contribution in [0.2, 0.25) is 0 Å². The molecule has 7 heteroatoms. The normalized spacial score (nSPS) is 15.9. The van der Waals surface area contributed by atoms with E-state index in [2.05, 4.69) is 0 Å². The van der Waals surface area contributed by atoms with Gasteiger partial charge >= 0.3 is 0 Å². The molecule has 1 fully saturated rings. The number of hydrogen-bond acceptors (Lipinski definition) is 4. The zero-order chi connectivity index (χ0) is 14.9. The van der Waals surface area contributed by atoms with Gasteiger partial charge in [0.15, 0.2) is 0 Å². The van der Waals surface area contributed by atoms with Crippen molar-refractivity contribution in [3.05, 3.63) is 28.1 Å². The number of amides is 1. The molecular weight excluding hydrogens is 262 g/mol. The minimum Gasteiger partial charge on any atom is -0.393 e. The smallest absolute Gasteiger partial charge is 0.287 e.